The van der Waals surface area contributed by atoms with Crippen LogP contribution in [0.25, 0.3) is 10.2 Å². The lowest BCUT2D eigenvalue weighted by Crippen LogP contribution is -2.18. The van der Waals surface area contributed by atoms with Gasteiger partial charge in [0.05, 0.1) is 10.2 Å². The van der Waals surface area contributed by atoms with Gasteiger partial charge in [-0.05, 0) is 62.4 Å². The molecule has 1 N–H and O–H groups in total. The Balaban J connectivity index is 2.00. The lowest BCUT2D eigenvalue weighted by Gasteiger charge is -2.15. The molecule has 0 aliphatic rings. The minimum atomic E-state index is -0.0502. The van der Waals surface area contributed by atoms with Crippen molar-refractivity contribution in [2.75, 3.05) is 5.32 Å². The van der Waals surface area contributed by atoms with Crippen molar-refractivity contribution in [3.63, 3.8) is 0 Å². The summed E-state index contributed by atoms with van der Waals surface area (Å²) >= 11 is 1.67. The number of aryl methyl sites for hydroxylation is 2. The molecule has 0 aliphatic carbocycles. The summed E-state index contributed by atoms with van der Waals surface area (Å²) in [6, 6.07) is 10.4. The fourth-order valence-electron chi connectivity index (χ4n) is 2.73. The summed E-state index contributed by atoms with van der Waals surface area (Å²) < 4.78 is 3.26. The molecule has 0 radical (unpaired) electrons. The van der Waals surface area contributed by atoms with Crippen LogP contribution in [0.3, 0.4) is 0 Å². The zero-order chi connectivity index (χ0) is 15.9. The monoisotopic (exact) mass is 312 g/mol. The van der Waals surface area contributed by atoms with E-state index in [1.807, 2.05) is 32.0 Å². The Morgan fingerprint density at radius 1 is 1.18 bits per heavy atom. The van der Waals surface area contributed by atoms with E-state index in [1.54, 1.807) is 11.3 Å². The van der Waals surface area contributed by atoms with Gasteiger partial charge in [0.1, 0.15) is 5.69 Å². The molecular weight excluding hydrogens is 292 g/mol. The van der Waals surface area contributed by atoms with Gasteiger partial charge in [-0.15, -0.1) is 11.3 Å². The zero-order valence-electron chi connectivity index (χ0n) is 13.3. The number of hydrogen-bond donors (Lipinski definition) is 1. The van der Waals surface area contributed by atoms with E-state index in [4.69, 9.17) is 0 Å². The van der Waals surface area contributed by atoms with Gasteiger partial charge < -0.3 is 9.88 Å². The summed E-state index contributed by atoms with van der Waals surface area (Å²) in [5, 5.41) is 5.12. The number of carbonyl (C=O) groups excluding carboxylic acids is 1. The maximum Gasteiger partial charge on any atom is 0.272 e. The average molecular weight is 312 g/mol. The Morgan fingerprint density at radius 3 is 2.68 bits per heavy atom. The number of aromatic nitrogens is 1. The van der Waals surface area contributed by atoms with E-state index in [-0.39, 0.29) is 11.9 Å². The molecule has 0 unspecified atom stereocenters. The van der Waals surface area contributed by atoms with E-state index < -0.39 is 0 Å². The quantitative estimate of drug-likeness (QED) is 0.712. The minimum Gasteiger partial charge on any atom is -0.333 e. The number of carbonyl (C=O) groups is 1. The fourth-order valence-corrected chi connectivity index (χ4v) is 3.54. The van der Waals surface area contributed by atoms with Crippen molar-refractivity contribution < 1.29 is 4.79 Å². The number of anilines is 1. The van der Waals surface area contributed by atoms with Crippen LogP contribution in [0.1, 0.15) is 41.5 Å². The topological polar surface area (TPSA) is 34.0 Å². The Bertz CT molecular complexity index is 842. The standard InChI is InChI=1S/C18H20N2OS/c1-11(2)20-15-7-8-22-17(15)10-16(20)18(21)19-14-9-12(3)5-6-13(14)4/h5-11H,1-4H3,(H,19,21). The highest BCUT2D eigenvalue weighted by atomic mass is 32.1. The van der Waals surface area contributed by atoms with E-state index >= 15 is 0 Å². The number of amides is 1. The third-order valence-electron chi connectivity index (χ3n) is 3.85. The van der Waals surface area contributed by atoms with Gasteiger partial charge in [-0.1, -0.05) is 12.1 Å². The van der Waals surface area contributed by atoms with Gasteiger partial charge in [-0.3, -0.25) is 4.79 Å². The molecule has 0 bridgehead atoms. The third kappa shape index (κ3) is 2.55. The highest BCUT2D eigenvalue weighted by molar-refractivity contribution is 7.17. The van der Waals surface area contributed by atoms with Gasteiger partial charge >= 0.3 is 0 Å². The van der Waals surface area contributed by atoms with Crippen LogP contribution in [0.4, 0.5) is 5.69 Å². The van der Waals surface area contributed by atoms with Gasteiger partial charge in [-0.2, -0.15) is 0 Å². The number of nitrogens with zero attached hydrogens (tertiary/aromatic N) is 1. The van der Waals surface area contributed by atoms with Gasteiger partial charge in [0, 0.05) is 11.7 Å². The second-order valence-corrected chi connectivity index (χ2v) is 6.88. The molecule has 2 heterocycles. The number of nitrogens with one attached hydrogen (secondary N) is 1. The van der Waals surface area contributed by atoms with Crippen LogP contribution >= 0.6 is 11.3 Å². The Kier molecular flexibility index (Phi) is 3.79. The van der Waals surface area contributed by atoms with E-state index in [2.05, 4.69) is 41.2 Å². The first kappa shape index (κ1) is 14.9. The largest absolute Gasteiger partial charge is 0.333 e. The summed E-state index contributed by atoms with van der Waals surface area (Å²) in [6.45, 7) is 8.24. The summed E-state index contributed by atoms with van der Waals surface area (Å²) in [5.41, 5.74) is 4.94. The summed E-state index contributed by atoms with van der Waals surface area (Å²) in [5.74, 6) is -0.0502. The first-order valence-corrected chi connectivity index (χ1v) is 8.32. The van der Waals surface area contributed by atoms with Gasteiger partial charge in [0.2, 0.25) is 0 Å². The third-order valence-corrected chi connectivity index (χ3v) is 4.70. The number of hydrogen-bond acceptors (Lipinski definition) is 2. The Morgan fingerprint density at radius 2 is 1.95 bits per heavy atom. The second-order valence-electron chi connectivity index (χ2n) is 5.94. The molecule has 0 atom stereocenters. The molecule has 22 heavy (non-hydrogen) atoms. The molecule has 1 aromatic carbocycles. The van der Waals surface area contributed by atoms with Crippen LogP contribution in [-0.2, 0) is 0 Å². The molecule has 0 aliphatic heterocycles. The zero-order valence-corrected chi connectivity index (χ0v) is 14.1. The van der Waals surface area contributed by atoms with Crippen molar-refractivity contribution in [1.29, 1.82) is 0 Å². The maximum absolute atomic E-state index is 12.7. The van der Waals surface area contributed by atoms with Gasteiger partial charge in [0.25, 0.3) is 5.91 Å². The van der Waals surface area contributed by atoms with E-state index in [9.17, 15) is 4.79 Å². The molecule has 4 heteroatoms. The Labute approximate surface area is 134 Å². The fraction of sp³-hybridized carbons (Fsp3) is 0.278. The first-order valence-electron chi connectivity index (χ1n) is 7.44. The van der Waals surface area contributed by atoms with Crippen molar-refractivity contribution in [2.24, 2.45) is 0 Å². The highest BCUT2D eigenvalue weighted by Crippen LogP contribution is 2.29. The number of benzene rings is 1. The minimum absolute atomic E-state index is 0.0502. The summed E-state index contributed by atoms with van der Waals surface area (Å²) in [7, 11) is 0. The van der Waals surface area contributed by atoms with Crippen LogP contribution in [0.5, 0.6) is 0 Å². The van der Waals surface area contributed by atoms with Crippen LogP contribution in [-0.4, -0.2) is 10.5 Å². The molecule has 0 saturated heterocycles. The molecule has 3 aromatic rings. The van der Waals surface area contributed by atoms with Crippen molar-refractivity contribution in [3.05, 3.63) is 52.5 Å². The molecule has 2 aromatic heterocycles. The second kappa shape index (κ2) is 5.61. The van der Waals surface area contributed by atoms with Crippen molar-refractivity contribution in [1.82, 2.24) is 4.57 Å². The molecule has 114 valence electrons. The Hall–Kier alpha value is -2.07. The van der Waals surface area contributed by atoms with Crippen LogP contribution in [0, 0.1) is 13.8 Å². The van der Waals surface area contributed by atoms with Gasteiger partial charge in [0.15, 0.2) is 0 Å². The highest BCUT2D eigenvalue weighted by Gasteiger charge is 2.18. The molecule has 3 nitrogen and oxygen atoms in total. The number of fused-ring (bicyclic) bond motifs is 1. The maximum atomic E-state index is 12.7. The van der Waals surface area contributed by atoms with Crippen molar-refractivity contribution in [2.45, 2.75) is 33.7 Å². The normalized spacial score (nSPS) is 11.3. The predicted molar refractivity (Wildman–Crippen MR) is 94.1 cm³/mol. The van der Waals surface area contributed by atoms with E-state index in [0.717, 1.165) is 32.7 Å². The van der Waals surface area contributed by atoms with Crippen LogP contribution in [0.15, 0.2) is 35.7 Å². The summed E-state index contributed by atoms with van der Waals surface area (Å²) in [4.78, 5) is 12.7. The number of thiophene rings is 1. The van der Waals surface area contributed by atoms with E-state index in [1.165, 1.54) is 0 Å². The van der Waals surface area contributed by atoms with Gasteiger partial charge in [-0.25, -0.2) is 0 Å². The molecule has 0 fully saturated rings. The van der Waals surface area contributed by atoms with E-state index in [0.29, 0.717) is 0 Å². The molecule has 1 amide bonds. The van der Waals surface area contributed by atoms with Crippen molar-refractivity contribution >= 4 is 33.1 Å². The predicted octanol–water partition coefficient (Wildman–Crippen LogP) is 5.15. The van der Waals surface area contributed by atoms with Crippen LogP contribution < -0.4 is 5.32 Å². The summed E-state index contributed by atoms with van der Waals surface area (Å²) in [6.07, 6.45) is 0. The average Bonchev–Trinajstić information content (AvgIpc) is 3.02. The SMILES string of the molecule is Cc1ccc(C)c(NC(=O)c2cc3sccc3n2C(C)C)c1. The van der Waals surface area contributed by atoms with Crippen LogP contribution in [0.2, 0.25) is 0 Å². The molecule has 0 saturated carbocycles. The molecule has 0 spiro atoms. The lowest BCUT2D eigenvalue weighted by atomic mass is 10.1. The van der Waals surface area contributed by atoms with Crippen molar-refractivity contribution in [3.8, 4) is 0 Å². The number of rotatable bonds is 3. The first-order chi connectivity index (χ1) is 10.5. The molecule has 3 rings (SSSR count). The smallest absolute Gasteiger partial charge is 0.272 e. The lowest BCUT2D eigenvalue weighted by molar-refractivity contribution is 0.101. The molecular formula is C18H20N2OS.